The standard InChI is InChI=1S/C12H26O3/c1-4-6-7-8-14-11-12(5-2)15-10-9-13-3/h12H,4-11H2,1-3H3. The first-order valence-corrected chi connectivity index (χ1v) is 6.03. The molecule has 3 nitrogen and oxygen atoms in total. The van der Waals surface area contributed by atoms with Crippen LogP contribution in [0.15, 0.2) is 0 Å². The molecule has 1 unspecified atom stereocenters. The summed E-state index contributed by atoms with van der Waals surface area (Å²) >= 11 is 0. The Kier molecular flexibility index (Phi) is 11.9. The van der Waals surface area contributed by atoms with Crippen LogP contribution in [0.3, 0.4) is 0 Å². The molecule has 0 spiro atoms. The fraction of sp³-hybridized carbons (Fsp3) is 1.00. The predicted octanol–water partition coefficient (Wildman–Crippen LogP) is 2.63. The van der Waals surface area contributed by atoms with Crippen LogP contribution in [-0.2, 0) is 14.2 Å². The zero-order valence-corrected chi connectivity index (χ0v) is 10.5. The first-order valence-electron chi connectivity index (χ1n) is 6.03. The molecular weight excluding hydrogens is 192 g/mol. The highest BCUT2D eigenvalue weighted by Crippen LogP contribution is 2.01. The van der Waals surface area contributed by atoms with Crippen LogP contribution in [-0.4, -0.2) is 39.6 Å². The molecule has 0 amide bonds. The molecule has 0 rings (SSSR count). The van der Waals surface area contributed by atoms with Crippen molar-refractivity contribution in [2.24, 2.45) is 0 Å². The highest BCUT2D eigenvalue weighted by molar-refractivity contribution is 4.53. The first kappa shape index (κ1) is 14.9. The number of ether oxygens (including phenoxy) is 3. The Balaban J connectivity index is 3.28. The van der Waals surface area contributed by atoms with Crippen molar-refractivity contribution in [3.05, 3.63) is 0 Å². The average molecular weight is 218 g/mol. The summed E-state index contributed by atoms with van der Waals surface area (Å²) in [5.41, 5.74) is 0. The lowest BCUT2D eigenvalue weighted by atomic mass is 10.2. The fourth-order valence-electron chi connectivity index (χ4n) is 1.25. The number of methoxy groups -OCH3 is 1. The normalized spacial score (nSPS) is 13.0. The third-order valence-electron chi connectivity index (χ3n) is 2.29. The number of hydrogen-bond acceptors (Lipinski definition) is 3. The molecule has 0 aromatic heterocycles. The Morgan fingerprint density at radius 1 is 1.00 bits per heavy atom. The molecule has 0 saturated carbocycles. The molecule has 92 valence electrons. The van der Waals surface area contributed by atoms with Gasteiger partial charge in [-0.1, -0.05) is 26.7 Å². The van der Waals surface area contributed by atoms with Gasteiger partial charge in [0.1, 0.15) is 0 Å². The van der Waals surface area contributed by atoms with Crippen molar-refractivity contribution in [1.82, 2.24) is 0 Å². The zero-order chi connectivity index (χ0) is 11.4. The molecule has 0 aromatic carbocycles. The second-order valence-corrected chi connectivity index (χ2v) is 3.68. The van der Waals surface area contributed by atoms with Gasteiger partial charge in [0.25, 0.3) is 0 Å². The van der Waals surface area contributed by atoms with E-state index >= 15 is 0 Å². The van der Waals surface area contributed by atoms with Gasteiger partial charge in [-0.3, -0.25) is 0 Å². The average Bonchev–Trinajstić information content (AvgIpc) is 2.26. The quantitative estimate of drug-likeness (QED) is 0.499. The lowest BCUT2D eigenvalue weighted by Gasteiger charge is -2.15. The Hall–Kier alpha value is -0.120. The maximum absolute atomic E-state index is 5.59. The zero-order valence-electron chi connectivity index (χ0n) is 10.5. The molecule has 15 heavy (non-hydrogen) atoms. The summed E-state index contributed by atoms with van der Waals surface area (Å²) in [6.07, 6.45) is 4.87. The summed E-state index contributed by atoms with van der Waals surface area (Å²) in [5, 5.41) is 0. The van der Waals surface area contributed by atoms with Gasteiger partial charge in [-0.15, -0.1) is 0 Å². The first-order chi connectivity index (χ1) is 7.35. The van der Waals surface area contributed by atoms with E-state index in [1.165, 1.54) is 12.8 Å². The smallest absolute Gasteiger partial charge is 0.0807 e. The van der Waals surface area contributed by atoms with Crippen molar-refractivity contribution < 1.29 is 14.2 Å². The predicted molar refractivity (Wildman–Crippen MR) is 62.3 cm³/mol. The van der Waals surface area contributed by atoms with Crippen molar-refractivity contribution in [2.75, 3.05) is 33.5 Å². The topological polar surface area (TPSA) is 27.7 Å². The summed E-state index contributed by atoms with van der Waals surface area (Å²) in [4.78, 5) is 0. The van der Waals surface area contributed by atoms with Crippen LogP contribution in [0.4, 0.5) is 0 Å². The lowest BCUT2D eigenvalue weighted by Crippen LogP contribution is -2.21. The molecule has 0 aliphatic heterocycles. The Morgan fingerprint density at radius 3 is 2.40 bits per heavy atom. The third kappa shape index (κ3) is 10.2. The monoisotopic (exact) mass is 218 g/mol. The minimum atomic E-state index is 0.224. The Bertz CT molecular complexity index is 117. The highest BCUT2D eigenvalue weighted by atomic mass is 16.5. The van der Waals surface area contributed by atoms with Crippen molar-refractivity contribution >= 4 is 0 Å². The Labute approximate surface area is 94.1 Å². The SMILES string of the molecule is CCCCCOCC(CC)OCCOC. The van der Waals surface area contributed by atoms with Crippen LogP contribution in [0.1, 0.15) is 39.5 Å². The van der Waals surface area contributed by atoms with Gasteiger partial charge in [0.15, 0.2) is 0 Å². The summed E-state index contributed by atoms with van der Waals surface area (Å²) in [6, 6.07) is 0. The molecule has 1 atom stereocenters. The van der Waals surface area contributed by atoms with E-state index in [0.29, 0.717) is 19.8 Å². The van der Waals surface area contributed by atoms with Crippen LogP contribution in [0.25, 0.3) is 0 Å². The number of unbranched alkanes of at least 4 members (excludes halogenated alkanes) is 2. The van der Waals surface area contributed by atoms with Gasteiger partial charge in [0, 0.05) is 13.7 Å². The molecule has 0 aromatic rings. The molecule has 0 aliphatic carbocycles. The fourth-order valence-corrected chi connectivity index (χ4v) is 1.25. The number of hydrogen-bond donors (Lipinski definition) is 0. The minimum Gasteiger partial charge on any atom is -0.382 e. The summed E-state index contributed by atoms with van der Waals surface area (Å²) in [5.74, 6) is 0. The molecule has 0 saturated heterocycles. The van der Waals surface area contributed by atoms with E-state index in [1.807, 2.05) is 0 Å². The lowest BCUT2D eigenvalue weighted by molar-refractivity contribution is -0.0343. The largest absolute Gasteiger partial charge is 0.382 e. The van der Waals surface area contributed by atoms with Gasteiger partial charge >= 0.3 is 0 Å². The van der Waals surface area contributed by atoms with Crippen molar-refractivity contribution in [3.63, 3.8) is 0 Å². The van der Waals surface area contributed by atoms with Gasteiger partial charge in [0.2, 0.25) is 0 Å². The second kappa shape index (κ2) is 12.0. The van der Waals surface area contributed by atoms with Gasteiger partial charge < -0.3 is 14.2 Å². The summed E-state index contributed by atoms with van der Waals surface area (Å²) in [6.45, 7) is 7.21. The minimum absolute atomic E-state index is 0.224. The summed E-state index contributed by atoms with van der Waals surface area (Å²) < 4.78 is 16.1. The molecule has 0 aliphatic rings. The molecule has 0 bridgehead atoms. The molecule has 0 N–H and O–H groups in total. The van der Waals surface area contributed by atoms with Crippen molar-refractivity contribution in [1.29, 1.82) is 0 Å². The second-order valence-electron chi connectivity index (χ2n) is 3.68. The maximum Gasteiger partial charge on any atom is 0.0807 e. The number of rotatable bonds is 11. The third-order valence-corrected chi connectivity index (χ3v) is 2.29. The molecular formula is C12H26O3. The highest BCUT2D eigenvalue weighted by Gasteiger charge is 2.05. The van der Waals surface area contributed by atoms with Crippen LogP contribution < -0.4 is 0 Å². The van der Waals surface area contributed by atoms with Crippen molar-refractivity contribution in [3.8, 4) is 0 Å². The van der Waals surface area contributed by atoms with Gasteiger partial charge in [-0.05, 0) is 12.8 Å². The van der Waals surface area contributed by atoms with E-state index < -0.39 is 0 Å². The van der Waals surface area contributed by atoms with E-state index in [2.05, 4.69) is 13.8 Å². The van der Waals surface area contributed by atoms with Crippen molar-refractivity contribution in [2.45, 2.75) is 45.6 Å². The maximum atomic E-state index is 5.59. The van der Waals surface area contributed by atoms with Gasteiger partial charge in [-0.25, -0.2) is 0 Å². The van der Waals surface area contributed by atoms with Crippen LogP contribution in [0.2, 0.25) is 0 Å². The van der Waals surface area contributed by atoms with Gasteiger partial charge in [-0.2, -0.15) is 0 Å². The van der Waals surface area contributed by atoms with Crippen LogP contribution in [0, 0.1) is 0 Å². The van der Waals surface area contributed by atoms with E-state index in [0.717, 1.165) is 19.4 Å². The van der Waals surface area contributed by atoms with E-state index in [4.69, 9.17) is 14.2 Å². The van der Waals surface area contributed by atoms with E-state index in [-0.39, 0.29) is 6.10 Å². The van der Waals surface area contributed by atoms with Gasteiger partial charge in [0.05, 0.1) is 25.9 Å². The van der Waals surface area contributed by atoms with Crippen LogP contribution >= 0.6 is 0 Å². The van der Waals surface area contributed by atoms with E-state index in [9.17, 15) is 0 Å². The van der Waals surface area contributed by atoms with E-state index in [1.54, 1.807) is 7.11 Å². The molecule has 0 fully saturated rings. The summed E-state index contributed by atoms with van der Waals surface area (Å²) in [7, 11) is 1.69. The molecule has 0 heterocycles. The van der Waals surface area contributed by atoms with Crippen LogP contribution in [0.5, 0.6) is 0 Å². The Morgan fingerprint density at radius 2 is 1.80 bits per heavy atom. The molecule has 3 heteroatoms. The molecule has 0 radical (unpaired) electrons.